The Bertz CT molecular complexity index is 719. The molecule has 0 amide bonds. The lowest BCUT2D eigenvalue weighted by molar-refractivity contribution is 0.366. The van der Waals surface area contributed by atoms with E-state index in [-0.39, 0.29) is 5.52 Å². The van der Waals surface area contributed by atoms with Crippen molar-refractivity contribution in [1.82, 2.24) is 9.88 Å². The van der Waals surface area contributed by atoms with Crippen LogP contribution in [0.25, 0.3) is 10.9 Å². The van der Waals surface area contributed by atoms with Crippen LogP contribution in [0.2, 0.25) is 0 Å². The molecule has 2 aliphatic rings. The van der Waals surface area contributed by atoms with Crippen molar-refractivity contribution in [1.29, 1.82) is 0 Å². The lowest BCUT2D eigenvalue weighted by atomic mass is 10.1. The summed E-state index contributed by atoms with van der Waals surface area (Å²) in [6.45, 7) is 3.07. The number of aromatic nitrogens is 1. The van der Waals surface area contributed by atoms with Crippen LogP contribution in [0.15, 0.2) is 24.4 Å². The minimum atomic E-state index is -0.591. The largest absolute Gasteiger partial charge is 0.370 e. The normalized spacial score (nSPS) is 26.8. The molecule has 1 aromatic heterocycles. The number of rotatable bonds is 3. The summed E-state index contributed by atoms with van der Waals surface area (Å²) in [6, 6.07) is 4.16. The van der Waals surface area contributed by atoms with Gasteiger partial charge in [-0.3, -0.25) is 4.98 Å². The standard InChI is InChI=1S/C17H19F2N3/c1-21(2)7-12-13-8-22(9-14(12)13)16-3-4-20-17-11(16)5-10(18)6-15(17)19/h3-6,12-14H,7-9H2,1-2H3/t12?,13-,14+. The fourth-order valence-electron chi connectivity index (χ4n) is 3.98. The van der Waals surface area contributed by atoms with E-state index in [1.165, 1.54) is 6.07 Å². The average molecular weight is 303 g/mol. The molecule has 0 N–H and O–H groups in total. The SMILES string of the molecule is CN(C)CC1[C@H]2CN(c3ccnc4c(F)cc(F)cc34)C[C@@H]12. The maximum Gasteiger partial charge on any atom is 0.152 e. The third kappa shape index (κ3) is 2.15. The molecule has 2 fully saturated rings. The number of anilines is 1. The predicted molar refractivity (Wildman–Crippen MR) is 82.9 cm³/mol. The number of pyridine rings is 1. The van der Waals surface area contributed by atoms with Crippen LogP contribution in [-0.4, -0.2) is 43.6 Å². The molecule has 22 heavy (non-hydrogen) atoms. The first-order valence-corrected chi connectivity index (χ1v) is 7.68. The number of benzene rings is 1. The van der Waals surface area contributed by atoms with Crippen LogP contribution in [0, 0.1) is 29.4 Å². The van der Waals surface area contributed by atoms with Crippen LogP contribution in [0.1, 0.15) is 0 Å². The van der Waals surface area contributed by atoms with Gasteiger partial charge in [-0.25, -0.2) is 8.78 Å². The molecule has 0 spiro atoms. The average Bonchev–Trinajstić information content (AvgIpc) is 2.91. The van der Waals surface area contributed by atoms with Gasteiger partial charge >= 0.3 is 0 Å². The van der Waals surface area contributed by atoms with Crippen LogP contribution < -0.4 is 4.90 Å². The minimum absolute atomic E-state index is 0.254. The maximum atomic E-state index is 13.9. The Morgan fingerprint density at radius 1 is 1.23 bits per heavy atom. The molecule has 1 aromatic carbocycles. The van der Waals surface area contributed by atoms with Gasteiger partial charge in [-0.2, -0.15) is 0 Å². The first kappa shape index (κ1) is 13.9. The fraction of sp³-hybridized carbons (Fsp3) is 0.471. The Morgan fingerprint density at radius 3 is 2.64 bits per heavy atom. The number of hydrogen-bond donors (Lipinski definition) is 0. The number of nitrogens with zero attached hydrogens (tertiary/aromatic N) is 3. The molecule has 4 rings (SSSR count). The topological polar surface area (TPSA) is 19.4 Å². The van der Waals surface area contributed by atoms with Crippen LogP contribution in [0.3, 0.4) is 0 Å². The fourth-order valence-corrected chi connectivity index (χ4v) is 3.98. The van der Waals surface area contributed by atoms with E-state index in [4.69, 9.17) is 0 Å². The van der Waals surface area contributed by atoms with Crippen LogP contribution >= 0.6 is 0 Å². The molecule has 116 valence electrons. The third-order valence-corrected chi connectivity index (χ3v) is 5.03. The first-order valence-electron chi connectivity index (χ1n) is 7.68. The van der Waals surface area contributed by atoms with Gasteiger partial charge in [0.1, 0.15) is 11.3 Å². The molecule has 2 heterocycles. The molecule has 3 atom stereocenters. The van der Waals surface area contributed by atoms with Crippen molar-refractivity contribution in [2.75, 3.05) is 38.6 Å². The number of piperidine rings is 1. The van der Waals surface area contributed by atoms with Crippen LogP contribution in [0.4, 0.5) is 14.5 Å². The van der Waals surface area contributed by atoms with Gasteiger partial charge in [-0.05, 0) is 44.0 Å². The molecule has 5 heteroatoms. The van der Waals surface area contributed by atoms with Crippen molar-refractivity contribution in [3.05, 3.63) is 36.0 Å². The van der Waals surface area contributed by atoms with E-state index in [1.807, 2.05) is 6.07 Å². The van der Waals surface area contributed by atoms with E-state index in [2.05, 4.69) is 28.9 Å². The van der Waals surface area contributed by atoms with Gasteiger partial charge in [0.25, 0.3) is 0 Å². The molecule has 1 saturated heterocycles. The Labute approximate surface area is 128 Å². The van der Waals surface area contributed by atoms with E-state index in [0.29, 0.717) is 17.2 Å². The number of fused-ring (bicyclic) bond motifs is 2. The van der Waals surface area contributed by atoms with Gasteiger partial charge in [0, 0.05) is 43.0 Å². The second-order valence-electron chi connectivity index (χ2n) is 6.77. The number of halogens is 2. The summed E-state index contributed by atoms with van der Waals surface area (Å²) in [5.74, 6) is 1.06. The monoisotopic (exact) mass is 303 g/mol. The highest BCUT2D eigenvalue weighted by Crippen LogP contribution is 2.53. The zero-order valence-corrected chi connectivity index (χ0v) is 12.8. The van der Waals surface area contributed by atoms with Crippen molar-refractivity contribution in [2.24, 2.45) is 17.8 Å². The summed E-state index contributed by atoms with van der Waals surface area (Å²) in [5.41, 5.74) is 1.16. The highest BCUT2D eigenvalue weighted by atomic mass is 19.1. The maximum absolute atomic E-state index is 13.9. The van der Waals surface area contributed by atoms with Crippen LogP contribution in [-0.2, 0) is 0 Å². The summed E-state index contributed by atoms with van der Waals surface area (Å²) < 4.78 is 27.4. The Kier molecular flexibility index (Phi) is 3.08. The molecular weight excluding hydrogens is 284 g/mol. The molecule has 1 aliphatic heterocycles. The quantitative estimate of drug-likeness (QED) is 0.869. The highest BCUT2D eigenvalue weighted by Gasteiger charge is 2.55. The van der Waals surface area contributed by atoms with Crippen molar-refractivity contribution in [2.45, 2.75) is 0 Å². The lowest BCUT2D eigenvalue weighted by Crippen LogP contribution is -2.27. The van der Waals surface area contributed by atoms with E-state index >= 15 is 0 Å². The van der Waals surface area contributed by atoms with Gasteiger partial charge in [-0.1, -0.05) is 0 Å². The molecule has 1 saturated carbocycles. The van der Waals surface area contributed by atoms with Crippen molar-refractivity contribution < 1.29 is 8.78 Å². The van der Waals surface area contributed by atoms with E-state index in [9.17, 15) is 8.78 Å². The smallest absolute Gasteiger partial charge is 0.152 e. The lowest BCUT2D eigenvalue weighted by Gasteiger charge is -2.24. The van der Waals surface area contributed by atoms with E-state index < -0.39 is 11.6 Å². The van der Waals surface area contributed by atoms with Gasteiger partial charge in [0.05, 0.1) is 0 Å². The summed E-state index contributed by atoms with van der Waals surface area (Å²) in [4.78, 5) is 8.55. The third-order valence-electron chi connectivity index (χ3n) is 5.03. The predicted octanol–water partition coefficient (Wildman–Crippen LogP) is 2.76. The van der Waals surface area contributed by atoms with E-state index in [0.717, 1.165) is 37.3 Å². The molecule has 1 unspecified atom stereocenters. The zero-order chi connectivity index (χ0) is 15.4. The van der Waals surface area contributed by atoms with Gasteiger partial charge in [0.15, 0.2) is 5.82 Å². The molecule has 0 radical (unpaired) electrons. The van der Waals surface area contributed by atoms with E-state index in [1.54, 1.807) is 6.20 Å². The second kappa shape index (κ2) is 4.88. The molecule has 0 bridgehead atoms. The first-order chi connectivity index (χ1) is 10.5. The summed E-state index contributed by atoms with van der Waals surface area (Å²) >= 11 is 0. The van der Waals surface area contributed by atoms with Crippen molar-refractivity contribution in [3.8, 4) is 0 Å². The van der Waals surface area contributed by atoms with Gasteiger partial charge < -0.3 is 9.80 Å². The van der Waals surface area contributed by atoms with Gasteiger partial charge in [-0.15, -0.1) is 0 Å². The second-order valence-corrected chi connectivity index (χ2v) is 6.77. The van der Waals surface area contributed by atoms with Crippen molar-refractivity contribution >= 4 is 16.6 Å². The van der Waals surface area contributed by atoms with Crippen molar-refractivity contribution in [3.63, 3.8) is 0 Å². The molecule has 3 nitrogen and oxygen atoms in total. The molecular formula is C17H19F2N3. The minimum Gasteiger partial charge on any atom is -0.370 e. The summed E-state index contributed by atoms with van der Waals surface area (Å²) in [5, 5.41) is 0.574. The Balaban J connectivity index is 1.62. The summed E-state index contributed by atoms with van der Waals surface area (Å²) in [7, 11) is 4.21. The Morgan fingerprint density at radius 2 is 1.95 bits per heavy atom. The molecule has 1 aliphatic carbocycles. The zero-order valence-electron chi connectivity index (χ0n) is 12.8. The highest BCUT2D eigenvalue weighted by molar-refractivity contribution is 5.92. The number of hydrogen-bond acceptors (Lipinski definition) is 3. The van der Waals surface area contributed by atoms with Gasteiger partial charge in [0.2, 0.25) is 0 Å². The summed E-state index contributed by atoms with van der Waals surface area (Å²) in [6.07, 6.45) is 1.61. The molecule has 2 aromatic rings. The van der Waals surface area contributed by atoms with Crippen LogP contribution in [0.5, 0.6) is 0 Å². The Hall–Kier alpha value is -1.75.